The molecule has 17 heavy (non-hydrogen) atoms. The first-order valence-electron chi connectivity index (χ1n) is 7.59. The molecule has 0 radical (unpaired) electrons. The topological polar surface area (TPSA) is 21.3 Å². The van der Waals surface area contributed by atoms with Gasteiger partial charge in [0.2, 0.25) is 0 Å². The zero-order valence-corrected chi connectivity index (χ0v) is 12.0. The predicted molar refractivity (Wildman–Crippen MR) is 74.3 cm³/mol. The maximum atomic E-state index is 5.44. The molecule has 0 aliphatic heterocycles. The summed E-state index contributed by atoms with van der Waals surface area (Å²) in [5, 5.41) is 3.69. The average molecular weight is 241 g/mol. The highest BCUT2D eigenvalue weighted by Crippen LogP contribution is 2.31. The van der Waals surface area contributed by atoms with Crippen LogP contribution in [0.1, 0.15) is 59.3 Å². The van der Waals surface area contributed by atoms with E-state index in [9.17, 15) is 0 Å². The van der Waals surface area contributed by atoms with Crippen molar-refractivity contribution in [1.29, 1.82) is 0 Å². The zero-order chi connectivity index (χ0) is 12.5. The van der Waals surface area contributed by atoms with E-state index >= 15 is 0 Å². The van der Waals surface area contributed by atoms with E-state index in [0.717, 1.165) is 37.6 Å². The van der Waals surface area contributed by atoms with Gasteiger partial charge in [0.05, 0.1) is 0 Å². The van der Waals surface area contributed by atoms with Gasteiger partial charge in [-0.25, -0.2) is 0 Å². The van der Waals surface area contributed by atoms with Crippen molar-refractivity contribution in [2.24, 2.45) is 11.8 Å². The van der Waals surface area contributed by atoms with E-state index in [1.807, 2.05) is 0 Å². The maximum absolute atomic E-state index is 5.44. The van der Waals surface area contributed by atoms with Gasteiger partial charge in [-0.1, -0.05) is 26.7 Å². The zero-order valence-electron chi connectivity index (χ0n) is 12.0. The lowest BCUT2D eigenvalue weighted by Gasteiger charge is -2.33. The van der Waals surface area contributed by atoms with Crippen LogP contribution in [0, 0.1) is 11.8 Å². The summed E-state index contributed by atoms with van der Waals surface area (Å²) in [6.45, 7) is 9.58. The second-order valence-corrected chi connectivity index (χ2v) is 5.52. The predicted octanol–water partition coefficient (Wildman–Crippen LogP) is 3.61. The van der Waals surface area contributed by atoms with Crippen LogP contribution >= 0.6 is 0 Å². The number of rotatable bonds is 8. The number of hydrogen-bond donors (Lipinski definition) is 1. The fraction of sp³-hybridized carbons (Fsp3) is 1.00. The third kappa shape index (κ3) is 5.87. The second-order valence-electron chi connectivity index (χ2n) is 5.52. The van der Waals surface area contributed by atoms with E-state index in [2.05, 4.69) is 26.1 Å². The highest BCUT2D eigenvalue weighted by molar-refractivity contribution is 4.80. The van der Waals surface area contributed by atoms with Crippen LogP contribution in [0.2, 0.25) is 0 Å². The summed E-state index contributed by atoms with van der Waals surface area (Å²) < 4.78 is 5.44. The Kier molecular flexibility index (Phi) is 7.87. The van der Waals surface area contributed by atoms with Crippen molar-refractivity contribution in [3.63, 3.8) is 0 Å². The monoisotopic (exact) mass is 241 g/mol. The molecule has 0 spiro atoms. The van der Waals surface area contributed by atoms with Crippen LogP contribution in [0.4, 0.5) is 0 Å². The van der Waals surface area contributed by atoms with Crippen molar-refractivity contribution >= 4 is 0 Å². The molecule has 1 unspecified atom stereocenters. The minimum absolute atomic E-state index is 0.730. The lowest BCUT2D eigenvalue weighted by molar-refractivity contribution is 0.134. The summed E-state index contributed by atoms with van der Waals surface area (Å²) in [5.74, 6) is 1.87. The van der Waals surface area contributed by atoms with E-state index in [4.69, 9.17) is 4.74 Å². The molecule has 1 aliphatic rings. The van der Waals surface area contributed by atoms with Gasteiger partial charge in [0.25, 0.3) is 0 Å². The molecule has 0 bridgehead atoms. The summed E-state index contributed by atoms with van der Waals surface area (Å²) in [6.07, 6.45) is 8.20. The summed E-state index contributed by atoms with van der Waals surface area (Å²) in [6, 6.07) is 0.730. The Hall–Kier alpha value is -0.0800. The van der Waals surface area contributed by atoms with Crippen molar-refractivity contribution in [2.45, 2.75) is 65.3 Å². The quantitative estimate of drug-likeness (QED) is 0.656. The first kappa shape index (κ1) is 15.0. The molecule has 1 atom stereocenters. The minimum atomic E-state index is 0.730. The van der Waals surface area contributed by atoms with Crippen molar-refractivity contribution in [3.8, 4) is 0 Å². The number of hydrogen-bond acceptors (Lipinski definition) is 2. The van der Waals surface area contributed by atoms with Gasteiger partial charge >= 0.3 is 0 Å². The SMILES string of the molecule is CCNC(CCCOCC)C1CCC(C)CC1. The van der Waals surface area contributed by atoms with Gasteiger partial charge < -0.3 is 10.1 Å². The van der Waals surface area contributed by atoms with E-state index in [-0.39, 0.29) is 0 Å². The molecule has 0 amide bonds. The van der Waals surface area contributed by atoms with E-state index in [1.54, 1.807) is 0 Å². The normalized spacial score (nSPS) is 27.0. The van der Waals surface area contributed by atoms with Gasteiger partial charge in [0.15, 0.2) is 0 Å². The van der Waals surface area contributed by atoms with Crippen LogP contribution in [-0.2, 0) is 4.74 Å². The van der Waals surface area contributed by atoms with Gasteiger partial charge in [-0.15, -0.1) is 0 Å². The molecule has 0 aromatic carbocycles. The van der Waals surface area contributed by atoms with Gasteiger partial charge in [-0.05, 0) is 51.0 Å². The maximum Gasteiger partial charge on any atom is 0.0466 e. The third-order valence-corrected chi connectivity index (χ3v) is 4.10. The van der Waals surface area contributed by atoms with Gasteiger partial charge in [0.1, 0.15) is 0 Å². The van der Waals surface area contributed by atoms with Crippen LogP contribution in [0.5, 0.6) is 0 Å². The van der Waals surface area contributed by atoms with Crippen LogP contribution in [0.15, 0.2) is 0 Å². The van der Waals surface area contributed by atoms with E-state index < -0.39 is 0 Å². The largest absolute Gasteiger partial charge is 0.382 e. The molecule has 102 valence electrons. The van der Waals surface area contributed by atoms with Gasteiger partial charge in [-0.3, -0.25) is 0 Å². The molecule has 1 aliphatic carbocycles. The Morgan fingerprint density at radius 3 is 2.47 bits per heavy atom. The van der Waals surface area contributed by atoms with Crippen molar-refractivity contribution in [3.05, 3.63) is 0 Å². The van der Waals surface area contributed by atoms with Crippen LogP contribution in [0.3, 0.4) is 0 Å². The van der Waals surface area contributed by atoms with E-state index in [1.165, 1.54) is 38.5 Å². The molecule has 1 saturated carbocycles. The first-order valence-corrected chi connectivity index (χ1v) is 7.59. The third-order valence-electron chi connectivity index (χ3n) is 4.10. The van der Waals surface area contributed by atoms with Crippen LogP contribution in [-0.4, -0.2) is 25.8 Å². The Balaban J connectivity index is 2.26. The lowest BCUT2D eigenvalue weighted by Crippen LogP contribution is -2.38. The van der Waals surface area contributed by atoms with Gasteiger partial charge in [0, 0.05) is 19.3 Å². The summed E-state index contributed by atoms with van der Waals surface area (Å²) in [4.78, 5) is 0. The molecule has 0 heterocycles. The molecule has 1 fully saturated rings. The molecule has 0 saturated heterocycles. The Labute approximate surface area is 108 Å². The molecule has 0 aromatic heterocycles. The Morgan fingerprint density at radius 1 is 1.18 bits per heavy atom. The fourth-order valence-electron chi connectivity index (χ4n) is 3.00. The van der Waals surface area contributed by atoms with Crippen LogP contribution < -0.4 is 5.32 Å². The molecular weight excluding hydrogens is 210 g/mol. The number of nitrogens with one attached hydrogen (secondary N) is 1. The summed E-state index contributed by atoms with van der Waals surface area (Å²) in [7, 11) is 0. The molecule has 1 N–H and O–H groups in total. The summed E-state index contributed by atoms with van der Waals surface area (Å²) in [5.41, 5.74) is 0. The van der Waals surface area contributed by atoms with Crippen LogP contribution in [0.25, 0.3) is 0 Å². The molecule has 1 rings (SSSR count). The molecular formula is C15H31NO. The Bertz CT molecular complexity index is 176. The van der Waals surface area contributed by atoms with Gasteiger partial charge in [-0.2, -0.15) is 0 Å². The highest BCUT2D eigenvalue weighted by atomic mass is 16.5. The summed E-state index contributed by atoms with van der Waals surface area (Å²) >= 11 is 0. The molecule has 2 heteroatoms. The molecule has 2 nitrogen and oxygen atoms in total. The fourth-order valence-corrected chi connectivity index (χ4v) is 3.00. The highest BCUT2D eigenvalue weighted by Gasteiger charge is 2.24. The molecule has 0 aromatic rings. The smallest absolute Gasteiger partial charge is 0.0466 e. The minimum Gasteiger partial charge on any atom is -0.382 e. The number of ether oxygens (including phenoxy) is 1. The van der Waals surface area contributed by atoms with Crippen molar-refractivity contribution in [1.82, 2.24) is 5.32 Å². The first-order chi connectivity index (χ1) is 8.27. The second kappa shape index (κ2) is 8.93. The Morgan fingerprint density at radius 2 is 1.88 bits per heavy atom. The standard InChI is InChI=1S/C15H31NO/c1-4-16-15(7-6-12-17-5-2)14-10-8-13(3)9-11-14/h13-16H,4-12H2,1-3H3. The average Bonchev–Trinajstić information content (AvgIpc) is 2.34. The lowest BCUT2D eigenvalue weighted by atomic mass is 9.78. The van der Waals surface area contributed by atoms with Crippen molar-refractivity contribution < 1.29 is 4.74 Å². The van der Waals surface area contributed by atoms with Crippen molar-refractivity contribution in [2.75, 3.05) is 19.8 Å². The van der Waals surface area contributed by atoms with E-state index in [0.29, 0.717) is 0 Å².